The van der Waals surface area contributed by atoms with Gasteiger partial charge in [-0.1, -0.05) is 23.9 Å². The van der Waals surface area contributed by atoms with Gasteiger partial charge in [-0.25, -0.2) is 14.3 Å². The summed E-state index contributed by atoms with van der Waals surface area (Å²) in [7, 11) is 1.58. The highest BCUT2D eigenvalue weighted by molar-refractivity contribution is 8.01. The predicted molar refractivity (Wildman–Crippen MR) is 186 cm³/mol. The van der Waals surface area contributed by atoms with Gasteiger partial charge in [0.05, 0.1) is 11.8 Å². The molecule has 5 rings (SSSR count). The van der Waals surface area contributed by atoms with Gasteiger partial charge in [-0.3, -0.25) is 38.6 Å². The summed E-state index contributed by atoms with van der Waals surface area (Å²) >= 11 is 2.18. The van der Waals surface area contributed by atoms with E-state index in [-0.39, 0.29) is 54.3 Å². The minimum Gasteiger partial charge on any atom is -0.480 e. The number of nitrogens with one attached hydrogen (secondary N) is 3. The number of nitrogens with zero attached hydrogens (tertiary/aromatic N) is 7. The van der Waals surface area contributed by atoms with Gasteiger partial charge in [-0.05, 0) is 35.0 Å². The van der Waals surface area contributed by atoms with Crippen molar-refractivity contribution in [2.75, 3.05) is 43.9 Å². The number of ether oxygens (including phenoxy) is 1. The van der Waals surface area contributed by atoms with E-state index in [1.807, 2.05) is 0 Å². The molecular weight excluding hydrogens is 755 g/mol. The number of urea groups is 1. The number of hydrogen-bond donors (Lipinski definition) is 6. The third kappa shape index (κ3) is 8.71. The summed E-state index contributed by atoms with van der Waals surface area (Å²) < 4.78 is 6.23. The van der Waals surface area contributed by atoms with Crippen molar-refractivity contribution in [3.8, 4) is 0 Å². The van der Waals surface area contributed by atoms with Gasteiger partial charge in [-0.15, -0.1) is 16.9 Å². The van der Waals surface area contributed by atoms with Crippen molar-refractivity contribution < 1.29 is 53.3 Å². The van der Waals surface area contributed by atoms with Crippen LogP contribution in [0.3, 0.4) is 0 Å². The maximum atomic E-state index is 14.3. The second-order valence-electron chi connectivity index (χ2n) is 11.8. The van der Waals surface area contributed by atoms with Gasteiger partial charge in [0.1, 0.15) is 36.3 Å². The van der Waals surface area contributed by atoms with Crippen molar-refractivity contribution in [3.05, 3.63) is 41.1 Å². The molecule has 288 valence electrons. The maximum absolute atomic E-state index is 14.3. The molecule has 2 unspecified atom stereocenters. The molecule has 1 aromatic carbocycles. The second-order valence-corrected chi connectivity index (χ2v) is 14.1. The number of carbonyl (C=O) groups is 8. The van der Waals surface area contributed by atoms with Gasteiger partial charge >= 0.3 is 35.8 Å². The molecule has 4 atom stereocenters. The lowest BCUT2D eigenvalue weighted by Gasteiger charge is -2.46. The SMILES string of the molecule is CCN1CCN(C(=O)NC(C(=O)NC2S[C@H]3CC(=O)N3C(C(=O)O)=C2CSc2nnnn2C)c2cccc(NCC(=O)OC[C@@H](N)C(=O)O)c2)C(=O)C1=O. The first-order chi connectivity index (χ1) is 25.7. The zero-order valence-electron chi connectivity index (χ0n) is 28.7. The first kappa shape index (κ1) is 39.5. The van der Waals surface area contributed by atoms with E-state index in [4.69, 9.17) is 15.6 Å². The topological polar surface area (TPSA) is 302 Å². The van der Waals surface area contributed by atoms with Crippen LogP contribution in [0.25, 0.3) is 0 Å². The molecule has 2 saturated heterocycles. The van der Waals surface area contributed by atoms with E-state index in [0.29, 0.717) is 10.1 Å². The summed E-state index contributed by atoms with van der Waals surface area (Å²) in [5.41, 5.74) is 5.61. The van der Waals surface area contributed by atoms with Gasteiger partial charge in [0, 0.05) is 43.7 Å². The number of esters is 1. The first-order valence-corrected chi connectivity index (χ1v) is 18.1. The lowest BCUT2D eigenvalue weighted by molar-refractivity contribution is -0.153. The Morgan fingerprint density at radius 3 is 2.54 bits per heavy atom. The third-order valence-corrected chi connectivity index (χ3v) is 10.8. The van der Waals surface area contributed by atoms with Gasteiger partial charge in [-0.2, -0.15) is 0 Å². The standard InChI is InChI=1S/C30H35N11O11S2/c1-3-39-7-8-40(26(46)25(39)45)29(51)33-21(14-5-4-6-15(9-14)32-11-20(43)52-12-17(31)27(47)48)23(44)34-24-16(13-53-30-35-36-37-38(30)2)22(28(49)50)41-18(42)10-19(41)54-24/h4-6,9,17,19,21,24,32H,3,7-8,10-13,31H2,1-2H3,(H,33,51)(H,34,44)(H,47,48)(H,49,50)/t17-,19+,21?,24?/m1/s1. The molecule has 24 heteroatoms. The molecular formula is C30H35N11O11S2. The van der Waals surface area contributed by atoms with E-state index in [9.17, 15) is 43.5 Å². The van der Waals surface area contributed by atoms with Crippen LogP contribution in [0.4, 0.5) is 10.5 Å². The van der Waals surface area contributed by atoms with E-state index in [2.05, 4.69) is 31.5 Å². The normalized spacial score (nSPS) is 19.4. The van der Waals surface area contributed by atoms with Crippen LogP contribution in [-0.2, 0) is 45.3 Å². The van der Waals surface area contributed by atoms with Crippen molar-refractivity contribution in [3.63, 3.8) is 0 Å². The molecule has 0 saturated carbocycles. The Morgan fingerprint density at radius 2 is 1.89 bits per heavy atom. The number of piperazine rings is 1. The Balaban J connectivity index is 1.42. The summed E-state index contributed by atoms with van der Waals surface area (Å²) in [5, 5.41) is 37.1. The monoisotopic (exact) mass is 789 g/mol. The number of thioether (sulfide) groups is 2. The Labute approximate surface area is 314 Å². The van der Waals surface area contributed by atoms with Crippen LogP contribution in [0.5, 0.6) is 0 Å². The number of tetrazole rings is 1. The third-order valence-electron chi connectivity index (χ3n) is 8.34. The number of imide groups is 1. The number of carboxylic acids is 2. The number of amides is 6. The van der Waals surface area contributed by atoms with Crippen molar-refractivity contribution in [2.45, 2.75) is 41.3 Å². The quantitative estimate of drug-likeness (QED) is 0.0487. The number of rotatable bonds is 15. The van der Waals surface area contributed by atoms with E-state index >= 15 is 0 Å². The molecule has 0 bridgehead atoms. The minimum absolute atomic E-state index is 0.0138. The van der Waals surface area contributed by atoms with E-state index in [0.717, 1.165) is 28.4 Å². The molecule has 0 radical (unpaired) electrons. The predicted octanol–water partition coefficient (Wildman–Crippen LogP) is -2.10. The number of carbonyl (C=O) groups excluding carboxylic acids is 6. The number of aliphatic carboxylic acids is 2. The molecule has 54 heavy (non-hydrogen) atoms. The average molecular weight is 790 g/mol. The Hall–Kier alpha value is -5.75. The zero-order valence-corrected chi connectivity index (χ0v) is 30.3. The van der Waals surface area contributed by atoms with Crippen LogP contribution in [0.1, 0.15) is 24.9 Å². The smallest absolute Gasteiger partial charge is 0.352 e. The number of aromatic nitrogens is 4. The van der Waals surface area contributed by atoms with Crippen molar-refractivity contribution in [1.29, 1.82) is 0 Å². The number of nitrogens with two attached hydrogens (primary N) is 1. The van der Waals surface area contributed by atoms with Crippen LogP contribution >= 0.6 is 23.5 Å². The molecule has 0 spiro atoms. The van der Waals surface area contributed by atoms with Crippen LogP contribution < -0.4 is 21.7 Å². The molecule has 22 nitrogen and oxygen atoms in total. The highest BCUT2D eigenvalue weighted by atomic mass is 32.2. The largest absolute Gasteiger partial charge is 0.480 e. The molecule has 2 fully saturated rings. The van der Waals surface area contributed by atoms with E-state index < -0.39 is 83.6 Å². The van der Waals surface area contributed by atoms with Crippen LogP contribution in [-0.4, -0.2) is 148 Å². The second kappa shape index (κ2) is 16.9. The number of fused-ring (bicyclic) bond motifs is 1. The van der Waals surface area contributed by atoms with Crippen molar-refractivity contribution >= 4 is 76.8 Å². The van der Waals surface area contributed by atoms with Crippen LogP contribution in [0.2, 0.25) is 0 Å². The van der Waals surface area contributed by atoms with E-state index in [1.54, 1.807) is 14.0 Å². The summed E-state index contributed by atoms with van der Waals surface area (Å²) in [6.45, 7) is 0.832. The molecule has 2 aromatic rings. The molecule has 7 N–H and O–H groups in total. The molecule has 3 aliphatic rings. The van der Waals surface area contributed by atoms with Crippen LogP contribution in [0.15, 0.2) is 40.7 Å². The fraction of sp³-hybridized carbons (Fsp3) is 0.433. The van der Waals surface area contributed by atoms with Gasteiger partial charge < -0.3 is 41.5 Å². The lowest BCUT2D eigenvalue weighted by Crippen LogP contribution is -2.60. The number of carboxylic acid groups (broad SMARTS) is 2. The summed E-state index contributed by atoms with van der Waals surface area (Å²) in [6, 6.07) is 1.88. The van der Waals surface area contributed by atoms with Crippen LogP contribution in [0, 0.1) is 0 Å². The number of β-lactam (4-membered cyclic amide) rings is 1. The fourth-order valence-electron chi connectivity index (χ4n) is 5.47. The summed E-state index contributed by atoms with van der Waals surface area (Å²) in [6.07, 6.45) is 0.0138. The molecule has 4 heterocycles. The summed E-state index contributed by atoms with van der Waals surface area (Å²) in [5.74, 6) is -6.92. The Bertz CT molecular complexity index is 1910. The summed E-state index contributed by atoms with van der Waals surface area (Å²) in [4.78, 5) is 105. The highest BCUT2D eigenvalue weighted by Gasteiger charge is 2.49. The first-order valence-electron chi connectivity index (χ1n) is 16.2. The minimum atomic E-state index is -1.56. The molecule has 1 aromatic heterocycles. The van der Waals surface area contributed by atoms with Crippen molar-refractivity contribution in [2.24, 2.45) is 12.8 Å². The van der Waals surface area contributed by atoms with Gasteiger partial charge in [0.15, 0.2) is 0 Å². The average Bonchev–Trinajstić information content (AvgIpc) is 3.55. The van der Waals surface area contributed by atoms with Gasteiger partial charge in [0.25, 0.3) is 0 Å². The lowest BCUT2D eigenvalue weighted by atomic mass is 10.0. The number of likely N-dealkylation sites (N-methyl/N-ethyl adjacent to an activating group) is 1. The fourth-order valence-corrected chi connectivity index (χ4v) is 7.92. The molecule has 0 aliphatic carbocycles. The Kier molecular flexibility index (Phi) is 12.4. The molecule has 3 aliphatic heterocycles. The maximum Gasteiger partial charge on any atom is 0.352 e. The Morgan fingerprint density at radius 1 is 1.13 bits per heavy atom. The number of hydrogen-bond acceptors (Lipinski definition) is 16. The van der Waals surface area contributed by atoms with E-state index in [1.165, 1.54) is 33.8 Å². The number of benzene rings is 1. The van der Waals surface area contributed by atoms with Crippen molar-refractivity contribution in [1.82, 2.24) is 45.5 Å². The number of anilines is 1. The highest BCUT2D eigenvalue weighted by Crippen LogP contribution is 2.44. The van der Waals surface area contributed by atoms with Gasteiger partial charge in [0.2, 0.25) is 17.0 Å². The molecule has 6 amide bonds. The number of aryl methyl sites for hydroxylation is 1. The zero-order chi connectivity index (χ0) is 39.3.